The number of carbonyl (C=O) groups is 2. The van der Waals surface area contributed by atoms with Gasteiger partial charge in [-0.15, -0.1) is 0 Å². The average Bonchev–Trinajstić information content (AvgIpc) is 2.49. The van der Waals surface area contributed by atoms with Crippen molar-refractivity contribution in [2.24, 2.45) is 0 Å². The van der Waals surface area contributed by atoms with Crippen LogP contribution in [0.3, 0.4) is 0 Å². The maximum atomic E-state index is 12.0. The topological polar surface area (TPSA) is 73.9 Å². The molecule has 120 valence electrons. The molecular weight excluding hydrogens is 284 g/mol. The van der Waals surface area contributed by atoms with E-state index in [9.17, 15) is 9.59 Å². The SMILES string of the molecule is CON1CCN(CC(=O)Nc2ccc(NC(C)=O)cc2)CC1. The number of nitrogens with zero attached hydrogens (tertiary/aromatic N) is 2. The third-order valence-electron chi connectivity index (χ3n) is 3.45. The second kappa shape index (κ2) is 7.88. The van der Waals surface area contributed by atoms with Crippen molar-refractivity contribution >= 4 is 23.2 Å². The number of rotatable bonds is 5. The Balaban J connectivity index is 1.78. The number of benzene rings is 1. The summed E-state index contributed by atoms with van der Waals surface area (Å²) in [6, 6.07) is 7.06. The minimum Gasteiger partial charge on any atom is -0.326 e. The molecule has 1 aliphatic rings. The summed E-state index contributed by atoms with van der Waals surface area (Å²) in [5.74, 6) is -0.162. The van der Waals surface area contributed by atoms with Gasteiger partial charge in [0.15, 0.2) is 0 Å². The van der Waals surface area contributed by atoms with Gasteiger partial charge in [0.1, 0.15) is 0 Å². The molecule has 1 aromatic rings. The highest BCUT2D eigenvalue weighted by Gasteiger charge is 2.18. The summed E-state index contributed by atoms with van der Waals surface area (Å²) in [6.45, 7) is 5.04. The van der Waals surface area contributed by atoms with Gasteiger partial charge in [0.25, 0.3) is 0 Å². The number of hydroxylamine groups is 2. The number of hydrogen-bond acceptors (Lipinski definition) is 5. The van der Waals surface area contributed by atoms with Crippen molar-refractivity contribution in [2.75, 3.05) is 50.5 Å². The lowest BCUT2D eigenvalue weighted by atomic mass is 10.2. The van der Waals surface area contributed by atoms with Crippen LogP contribution in [0, 0.1) is 0 Å². The molecule has 22 heavy (non-hydrogen) atoms. The van der Waals surface area contributed by atoms with E-state index in [2.05, 4.69) is 15.5 Å². The van der Waals surface area contributed by atoms with Gasteiger partial charge < -0.3 is 15.5 Å². The van der Waals surface area contributed by atoms with Crippen molar-refractivity contribution in [3.63, 3.8) is 0 Å². The van der Waals surface area contributed by atoms with E-state index in [0.29, 0.717) is 12.2 Å². The quantitative estimate of drug-likeness (QED) is 0.840. The highest BCUT2D eigenvalue weighted by molar-refractivity contribution is 5.93. The maximum absolute atomic E-state index is 12.0. The van der Waals surface area contributed by atoms with Gasteiger partial charge in [-0.25, -0.2) is 0 Å². The maximum Gasteiger partial charge on any atom is 0.238 e. The molecule has 0 radical (unpaired) electrons. The van der Waals surface area contributed by atoms with E-state index in [1.807, 2.05) is 5.06 Å². The van der Waals surface area contributed by atoms with Gasteiger partial charge in [-0.05, 0) is 24.3 Å². The van der Waals surface area contributed by atoms with Gasteiger partial charge in [-0.3, -0.25) is 14.5 Å². The molecule has 0 atom stereocenters. The predicted octanol–water partition coefficient (Wildman–Crippen LogP) is 0.762. The Morgan fingerprint density at radius 2 is 1.59 bits per heavy atom. The first-order valence-electron chi connectivity index (χ1n) is 7.26. The number of hydrogen-bond donors (Lipinski definition) is 2. The molecule has 1 heterocycles. The first kappa shape index (κ1) is 16.4. The number of anilines is 2. The van der Waals surface area contributed by atoms with Crippen molar-refractivity contribution in [3.05, 3.63) is 24.3 Å². The lowest BCUT2D eigenvalue weighted by Crippen LogP contribution is -2.48. The second-order valence-electron chi connectivity index (χ2n) is 5.19. The number of piperazine rings is 1. The third kappa shape index (κ3) is 5.10. The van der Waals surface area contributed by atoms with Crippen molar-refractivity contribution in [1.29, 1.82) is 0 Å². The minimum atomic E-state index is -0.119. The van der Waals surface area contributed by atoms with Crippen LogP contribution in [0.4, 0.5) is 11.4 Å². The van der Waals surface area contributed by atoms with E-state index < -0.39 is 0 Å². The molecule has 1 aliphatic heterocycles. The monoisotopic (exact) mass is 306 g/mol. The van der Waals surface area contributed by atoms with Crippen LogP contribution in [-0.4, -0.2) is 61.6 Å². The molecule has 0 unspecified atom stereocenters. The molecule has 2 rings (SSSR count). The molecule has 0 aromatic heterocycles. The summed E-state index contributed by atoms with van der Waals surface area (Å²) in [6.07, 6.45) is 0. The minimum absolute atomic E-state index is 0.0434. The molecule has 1 saturated heterocycles. The Morgan fingerprint density at radius 1 is 1.05 bits per heavy atom. The highest BCUT2D eigenvalue weighted by Crippen LogP contribution is 2.13. The fraction of sp³-hybridized carbons (Fsp3) is 0.467. The average molecular weight is 306 g/mol. The molecule has 2 N–H and O–H groups in total. The van der Waals surface area contributed by atoms with Crippen LogP contribution in [-0.2, 0) is 14.4 Å². The Kier molecular flexibility index (Phi) is 5.88. The molecule has 0 bridgehead atoms. The van der Waals surface area contributed by atoms with Crippen LogP contribution < -0.4 is 10.6 Å². The Bertz CT molecular complexity index is 510. The largest absolute Gasteiger partial charge is 0.326 e. The number of amides is 2. The normalized spacial score (nSPS) is 16.3. The van der Waals surface area contributed by atoms with E-state index >= 15 is 0 Å². The zero-order chi connectivity index (χ0) is 15.9. The summed E-state index contributed by atoms with van der Waals surface area (Å²) in [5.41, 5.74) is 1.43. The van der Waals surface area contributed by atoms with E-state index in [0.717, 1.165) is 31.9 Å². The first-order valence-corrected chi connectivity index (χ1v) is 7.26. The van der Waals surface area contributed by atoms with Gasteiger partial charge >= 0.3 is 0 Å². The molecule has 0 spiro atoms. The van der Waals surface area contributed by atoms with Crippen LogP contribution in [0.15, 0.2) is 24.3 Å². The van der Waals surface area contributed by atoms with Crippen LogP contribution in [0.5, 0.6) is 0 Å². The van der Waals surface area contributed by atoms with Crippen LogP contribution in [0.2, 0.25) is 0 Å². The Labute approximate surface area is 130 Å². The number of carbonyl (C=O) groups excluding carboxylic acids is 2. The molecular formula is C15H22N4O3. The summed E-state index contributed by atoms with van der Waals surface area (Å²) in [4.78, 5) is 30.2. The van der Waals surface area contributed by atoms with Crippen molar-refractivity contribution in [3.8, 4) is 0 Å². The molecule has 1 aromatic carbocycles. The second-order valence-corrected chi connectivity index (χ2v) is 5.19. The standard InChI is InChI=1S/C15H22N4O3/c1-12(20)16-13-3-5-14(6-4-13)17-15(21)11-18-7-9-19(22-2)10-8-18/h3-6H,7-11H2,1-2H3,(H,16,20)(H,17,21). The van der Waals surface area contributed by atoms with E-state index in [1.165, 1.54) is 6.92 Å². The summed E-state index contributed by atoms with van der Waals surface area (Å²) >= 11 is 0. The Morgan fingerprint density at radius 3 is 2.09 bits per heavy atom. The summed E-state index contributed by atoms with van der Waals surface area (Å²) in [7, 11) is 1.66. The zero-order valence-electron chi connectivity index (χ0n) is 13.0. The molecule has 0 saturated carbocycles. The molecule has 2 amide bonds. The van der Waals surface area contributed by atoms with Gasteiger partial charge in [-0.2, -0.15) is 5.06 Å². The van der Waals surface area contributed by atoms with Crippen LogP contribution in [0.25, 0.3) is 0 Å². The highest BCUT2D eigenvalue weighted by atomic mass is 16.7. The van der Waals surface area contributed by atoms with Crippen molar-refractivity contribution in [1.82, 2.24) is 9.96 Å². The zero-order valence-corrected chi connectivity index (χ0v) is 13.0. The summed E-state index contributed by atoms with van der Waals surface area (Å²) < 4.78 is 0. The van der Waals surface area contributed by atoms with Crippen molar-refractivity contribution in [2.45, 2.75) is 6.92 Å². The Hall–Kier alpha value is -1.96. The van der Waals surface area contributed by atoms with E-state index in [-0.39, 0.29) is 11.8 Å². The molecule has 0 aliphatic carbocycles. The lowest BCUT2D eigenvalue weighted by Gasteiger charge is -2.32. The first-order chi connectivity index (χ1) is 10.6. The van der Waals surface area contributed by atoms with Gasteiger partial charge in [0.2, 0.25) is 11.8 Å². The summed E-state index contributed by atoms with van der Waals surface area (Å²) in [5, 5.41) is 7.43. The van der Waals surface area contributed by atoms with Gasteiger partial charge in [-0.1, -0.05) is 0 Å². The fourth-order valence-electron chi connectivity index (χ4n) is 2.31. The van der Waals surface area contributed by atoms with Crippen LogP contribution >= 0.6 is 0 Å². The smallest absolute Gasteiger partial charge is 0.238 e. The van der Waals surface area contributed by atoms with Crippen LogP contribution in [0.1, 0.15) is 6.92 Å². The van der Waals surface area contributed by atoms with E-state index in [1.54, 1.807) is 31.4 Å². The fourth-order valence-corrected chi connectivity index (χ4v) is 2.31. The van der Waals surface area contributed by atoms with E-state index in [4.69, 9.17) is 4.84 Å². The van der Waals surface area contributed by atoms with Gasteiger partial charge in [0.05, 0.1) is 13.7 Å². The molecule has 1 fully saturated rings. The lowest BCUT2D eigenvalue weighted by molar-refractivity contribution is -0.153. The number of nitrogens with one attached hydrogen (secondary N) is 2. The predicted molar refractivity (Wildman–Crippen MR) is 84.4 cm³/mol. The van der Waals surface area contributed by atoms with Gasteiger partial charge in [0, 0.05) is 44.5 Å². The third-order valence-corrected chi connectivity index (χ3v) is 3.45. The molecule has 7 nitrogen and oxygen atoms in total. The molecule has 7 heteroatoms. The van der Waals surface area contributed by atoms with Crippen molar-refractivity contribution < 1.29 is 14.4 Å².